The Balaban J connectivity index is 0.000000450. The van der Waals surface area contributed by atoms with Crippen molar-refractivity contribution in [3.8, 4) is 5.88 Å². The lowest BCUT2D eigenvalue weighted by molar-refractivity contribution is -0.159. The standard InChI is InChI=1S/C14H21N3OS.C2H2O4/c1-10-5-6-12-13(15-10)18-11(7-8-16(2)3)9-17(4)14(12)19;3-1(4)2(5)6/h5-6,11H,7-9H2,1-4H3;(H,3,4)(H,5,6). The Morgan fingerprint density at radius 1 is 1.36 bits per heavy atom. The first kappa shape index (κ1) is 20.8. The number of hydrogen-bond donors (Lipinski definition) is 2. The second kappa shape index (κ2) is 9.28. The summed E-state index contributed by atoms with van der Waals surface area (Å²) in [7, 11) is 6.16. The molecule has 1 atom stereocenters. The number of rotatable bonds is 3. The largest absolute Gasteiger partial charge is 0.473 e. The number of likely N-dealkylation sites (N-methyl/N-ethyl adjacent to an activating group) is 1. The van der Waals surface area contributed by atoms with Crippen LogP contribution < -0.4 is 4.74 Å². The lowest BCUT2D eigenvalue weighted by Gasteiger charge is -2.22. The summed E-state index contributed by atoms with van der Waals surface area (Å²) in [5.74, 6) is -2.97. The second-order valence-corrected chi connectivity index (χ2v) is 6.32. The van der Waals surface area contributed by atoms with Crippen LogP contribution >= 0.6 is 12.2 Å². The number of fused-ring (bicyclic) bond motifs is 1. The van der Waals surface area contributed by atoms with Crippen LogP contribution in [0.5, 0.6) is 5.88 Å². The van der Waals surface area contributed by atoms with Gasteiger partial charge in [-0.2, -0.15) is 0 Å². The van der Waals surface area contributed by atoms with Crippen LogP contribution in [0.25, 0.3) is 0 Å². The molecule has 0 amide bonds. The number of thiocarbonyl (C=S) groups is 1. The minimum absolute atomic E-state index is 0.126. The van der Waals surface area contributed by atoms with E-state index in [1.807, 2.05) is 26.1 Å². The SMILES string of the molecule is Cc1ccc2c(n1)OC(CCN(C)C)CN(C)C2=S.O=C(O)C(=O)O. The molecule has 138 valence electrons. The second-order valence-electron chi connectivity index (χ2n) is 5.93. The maximum Gasteiger partial charge on any atom is 0.414 e. The van der Waals surface area contributed by atoms with Gasteiger partial charge < -0.3 is 24.7 Å². The summed E-state index contributed by atoms with van der Waals surface area (Å²) < 4.78 is 6.06. The van der Waals surface area contributed by atoms with Gasteiger partial charge in [0.05, 0.1) is 12.1 Å². The molecule has 9 heteroatoms. The maximum atomic E-state index is 9.10. The molecule has 2 heterocycles. The molecular formula is C16H23N3O5S. The minimum Gasteiger partial charge on any atom is -0.473 e. The zero-order chi connectivity index (χ0) is 19.1. The summed E-state index contributed by atoms with van der Waals surface area (Å²) in [5, 5.41) is 14.8. The van der Waals surface area contributed by atoms with Crippen molar-refractivity contribution >= 4 is 29.1 Å². The number of carbonyl (C=O) groups is 2. The fraction of sp³-hybridized carbons (Fsp3) is 0.500. The van der Waals surface area contributed by atoms with Crippen LogP contribution in [0.3, 0.4) is 0 Å². The molecule has 2 rings (SSSR count). The molecule has 25 heavy (non-hydrogen) atoms. The van der Waals surface area contributed by atoms with Crippen molar-refractivity contribution in [1.82, 2.24) is 14.8 Å². The zero-order valence-electron chi connectivity index (χ0n) is 14.7. The highest BCUT2D eigenvalue weighted by Crippen LogP contribution is 2.24. The van der Waals surface area contributed by atoms with E-state index in [2.05, 4.69) is 28.9 Å². The Labute approximate surface area is 152 Å². The first-order valence-electron chi connectivity index (χ1n) is 7.62. The van der Waals surface area contributed by atoms with Crippen molar-refractivity contribution in [1.29, 1.82) is 0 Å². The Morgan fingerprint density at radius 2 is 1.96 bits per heavy atom. The molecule has 0 radical (unpaired) electrons. The molecular weight excluding hydrogens is 346 g/mol. The van der Waals surface area contributed by atoms with Gasteiger partial charge in [-0.05, 0) is 39.6 Å². The first-order chi connectivity index (χ1) is 11.6. The van der Waals surface area contributed by atoms with Crippen molar-refractivity contribution in [2.24, 2.45) is 0 Å². The lowest BCUT2D eigenvalue weighted by atomic mass is 10.2. The third kappa shape index (κ3) is 6.63. The number of nitrogens with zero attached hydrogens (tertiary/aromatic N) is 3. The fourth-order valence-corrected chi connectivity index (χ4v) is 2.36. The molecule has 0 fully saturated rings. The van der Waals surface area contributed by atoms with Gasteiger partial charge in [0.15, 0.2) is 0 Å². The zero-order valence-corrected chi connectivity index (χ0v) is 15.5. The predicted molar refractivity (Wildman–Crippen MR) is 96.2 cm³/mol. The monoisotopic (exact) mass is 369 g/mol. The summed E-state index contributed by atoms with van der Waals surface area (Å²) in [6.07, 6.45) is 1.09. The van der Waals surface area contributed by atoms with E-state index in [0.717, 1.165) is 35.8 Å². The topological polar surface area (TPSA) is 103 Å². The van der Waals surface area contributed by atoms with Gasteiger partial charge in [-0.15, -0.1) is 0 Å². The molecule has 1 aliphatic rings. The molecule has 0 bridgehead atoms. The highest BCUT2D eigenvalue weighted by Gasteiger charge is 2.25. The van der Waals surface area contributed by atoms with Crippen LogP contribution in [0.2, 0.25) is 0 Å². The molecule has 1 aliphatic heterocycles. The Hall–Kier alpha value is -2.26. The van der Waals surface area contributed by atoms with Gasteiger partial charge in [0.1, 0.15) is 11.1 Å². The Morgan fingerprint density at radius 3 is 2.48 bits per heavy atom. The van der Waals surface area contributed by atoms with Crippen LogP contribution in [-0.2, 0) is 9.59 Å². The highest BCUT2D eigenvalue weighted by atomic mass is 32.1. The molecule has 1 aromatic rings. The highest BCUT2D eigenvalue weighted by molar-refractivity contribution is 7.80. The number of aryl methyl sites for hydroxylation is 1. The predicted octanol–water partition coefficient (Wildman–Crippen LogP) is 0.866. The van der Waals surface area contributed by atoms with Gasteiger partial charge in [-0.1, -0.05) is 12.2 Å². The smallest absolute Gasteiger partial charge is 0.414 e. The van der Waals surface area contributed by atoms with E-state index >= 15 is 0 Å². The van der Waals surface area contributed by atoms with E-state index in [-0.39, 0.29) is 6.10 Å². The molecule has 0 aromatic carbocycles. The molecule has 0 aliphatic carbocycles. The number of carboxylic acids is 2. The number of aliphatic carboxylic acids is 2. The van der Waals surface area contributed by atoms with E-state index in [1.165, 1.54) is 0 Å². The molecule has 2 N–H and O–H groups in total. The fourth-order valence-electron chi connectivity index (χ4n) is 2.13. The number of ether oxygens (including phenoxy) is 1. The Kier molecular flexibility index (Phi) is 7.72. The van der Waals surface area contributed by atoms with E-state index in [1.54, 1.807) is 0 Å². The van der Waals surface area contributed by atoms with E-state index in [4.69, 9.17) is 36.8 Å². The maximum absolute atomic E-state index is 9.10. The Bertz CT molecular complexity index is 639. The van der Waals surface area contributed by atoms with Crippen LogP contribution in [0.1, 0.15) is 17.7 Å². The van der Waals surface area contributed by atoms with Gasteiger partial charge in [0.25, 0.3) is 0 Å². The van der Waals surface area contributed by atoms with E-state index in [9.17, 15) is 0 Å². The van der Waals surface area contributed by atoms with Crippen molar-refractivity contribution in [3.63, 3.8) is 0 Å². The third-order valence-electron chi connectivity index (χ3n) is 3.41. The van der Waals surface area contributed by atoms with Gasteiger partial charge in [-0.25, -0.2) is 14.6 Å². The summed E-state index contributed by atoms with van der Waals surface area (Å²) in [5.41, 5.74) is 1.88. The number of aromatic nitrogens is 1. The summed E-state index contributed by atoms with van der Waals surface area (Å²) in [4.78, 5) is 27.7. The lowest BCUT2D eigenvalue weighted by Crippen LogP contribution is -2.35. The molecule has 8 nitrogen and oxygen atoms in total. The number of carboxylic acid groups (broad SMARTS) is 2. The molecule has 0 spiro atoms. The van der Waals surface area contributed by atoms with Gasteiger partial charge in [0, 0.05) is 19.3 Å². The van der Waals surface area contributed by atoms with Crippen LogP contribution in [0.4, 0.5) is 0 Å². The third-order valence-corrected chi connectivity index (χ3v) is 3.95. The normalized spacial score (nSPS) is 16.3. The quantitative estimate of drug-likeness (QED) is 0.593. The summed E-state index contributed by atoms with van der Waals surface area (Å²) in [6, 6.07) is 3.98. The average molecular weight is 369 g/mol. The number of hydrogen-bond acceptors (Lipinski definition) is 6. The molecule has 1 aromatic heterocycles. The van der Waals surface area contributed by atoms with Crippen molar-refractivity contribution in [3.05, 3.63) is 23.4 Å². The van der Waals surface area contributed by atoms with Crippen LogP contribution in [0.15, 0.2) is 12.1 Å². The van der Waals surface area contributed by atoms with Gasteiger partial charge >= 0.3 is 11.9 Å². The first-order valence-corrected chi connectivity index (χ1v) is 8.03. The van der Waals surface area contributed by atoms with E-state index in [0.29, 0.717) is 5.88 Å². The summed E-state index contributed by atoms with van der Waals surface area (Å²) >= 11 is 5.50. The average Bonchev–Trinajstić information content (AvgIpc) is 2.63. The molecule has 1 unspecified atom stereocenters. The number of pyridine rings is 1. The van der Waals surface area contributed by atoms with Crippen LogP contribution in [0, 0.1) is 6.92 Å². The van der Waals surface area contributed by atoms with Crippen molar-refractivity contribution < 1.29 is 24.5 Å². The summed E-state index contributed by atoms with van der Waals surface area (Å²) in [6.45, 7) is 3.77. The molecule has 0 saturated heterocycles. The van der Waals surface area contributed by atoms with Crippen molar-refractivity contribution in [2.75, 3.05) is 34.2 Å². The molecule has 0 saturated carbocycles. The van der Waals surface area contributed by atoms with Crippen LogP contribution in [-0.4, -0.2) is 82.3 Å². The van der Waals surface area contributed by atoms with Crippen molar-refractivity contribution in [2.45, 2.75) is 19.4 Å². The van der Waals surface area contributed by atoms with Gasteiger partial charge in [-0.3, -0.25) is 0 Å². The van der Waals surface area contributed by atoms with Gasteiger partial charge in [0.2, 0.25) is 5.88 Å². The van der Waals surface area contributed by atoms with E-state index < -0.39 is 11.9 Å². The minimum atomic E-state index is -1.82.